The first kappa shape index (κ1) is 10.4. The summed E-state index contributed by atoms with van der Waals surface area (Å²) in [4.78, 5) is 20.1. The van der Waals surface area contributed by atoms with Crippen LogP contribution >= 0.6 is 11.6 Å². The van der Waals surface area contributed by atoms with E-state index in [1.807, 2.05) is 0 Å². The molecule has 0 heterocycles. The predicted molar refractivity (Wildman–Crippen MR) is 53.2 cm³/mol. The van der Waals surface area contributed by atoms with Crippen LogP contribution in [-0.2, 0) is 4.79 Å². The number of nitrogens with zero attached hydrogens (tertiary/aromatic N) is 1. The van der Waals surface area contributed by atoms with Gasteiger partial charge in [0.05, 0.1) is 10.5 Å². The molecule has 0 aromatic heterocycles. The Balaban J connectivity index is 3.21. The van der Waals surface area contributed by atoms with Crippen molar-refractivity contribution < 1.29 is 9.72 Å². The zero-order valence-corrected chi connectivity index (χ0v) is 7.77. The number of halogens is 1. The minimum Gasteiger partial charge on any atom is -0.299 e. The van der Waals surface area contributed by atoms with Gasteiger partial charge in [-0.25, -0.2) is 0 Å². The number of carbonyl (C=O) groups excluding carboxylic acids is 1. The highest BCUT2D eigenvalue weighted by atomic mass is 35.5. The maximum Gasteiger partial charge on any atom is 0.278 e. The number of aldehydes is 1. The van der Waals surface area contributed by atoms with Crippen LogP contribution in [-0.4, -0.2) is 11.2 Å². The molecule has 0 amide bonds. The number of allylic oxidation sites excluding steroid dienone is 1. The summed E-state index contributed by atoms with van der Waals surface area (Å²) in [5, 5.41) is 10.9. The molecule has 0 saturated heterocycles. The van der Waals surface area contributed by atoms with E-state index >= 15 is 0 Å². The molecule has 0 spiro atoms. The molecule has 1 aromatic carbocycles. The van der Waals surface area contributed by atoms with E-state index in [2.05, 4.69) is 0 Å². The normalized spacial score (nSPS) is 10.4. The van der Waals surface area contributed by atoms with Gasteiger partial charge in [0.2, 0.25) is 0 Å². The fourth-order valence-electron chi connectivity index (χ4n) is 0.959. The zero-order chi connectivity index (χ0) is 10.6. The molecule has 0 fully saturated rings. The third kappa shape index (κ3) is 2.40. The standard InChI is InChI=1S/C9H6ClNO3/c10-8-4-3-7(2-1-5-12)9(6-8)11(13)14/h1-6H. The molecule has 1 aromatic rings. The van der Waals surface area contributed by atoms with Crippen LogP contribution in [0.25, 0.3) is 6.08 Å². The van der Waals surface area contributed by atoms with Gasteiger partial charge in [0.1, 0.15) is 6.29 Å². The van der Waals surface area contributed by atoms with E-state index in [1.165, 1.54) is 30.4 Å². The summed E-state index contributed by atoms with van der Waals surface area (Å²) < 4.78 is 0. The Morgan fingerprint density at radius 3 is 2.71 bits per heavy atom. The molecular weight excluding hydrogens is 206 g/mol. The van der Waals surface area contributed by atoms with Crippen molar-refractivity contribution in [1.29, 1.82) is 0 Å². The summed E-state index contributed by atoms with van der Waals surface area (Å²) in [6.07, 6.45) is 3.11. The van der Waals surface area contributed by atoms with Gasteiger partial charge in [0, 0.05) is 11.1 Å². The van der Waals surface area contributed by atoms with Gasteiger partial charge in [-0.3, -0.25) is 14.9 Å². The number of nitro benzene ring substituents is 1. The first-order valence-electron chi connectivity index (χ1n) is 3.71. The third-order valence-corrected chi connectivity index (χ3v) is 1.78. The maximum absolute atomic E-state index is 10.6. The SMILES string of the molecule is O=CC=Cc1ccc(Cl)cc1[N+](=O)[O-]. The number of carbonyl (C=O) groups is 1. The summed E-state index contributed by atoms with van der Waals surface area (Å²) in [5.74, 6) is 0. The Morgan fingerprint density at radius 1 is 1.43 bits per heavy atom. The van der Waals surface area contributed by atoms with E-state index in [-0.39, 0.29) is 5.69 Å². The van der Waals surface area contributed by atoms with Crippen LogP contribution in [0.4, 0.5) is 5.69 Å². The Kier molecular flexibility index (Phi) is 3.36. The quantitative estimate of drug-likeness (QED) is 0.334. The van der Waals surface area contributed by atoms with Crippen molar-refractivity contribution in [2.45, 2.75) is 0 Å². The van der Waals surface area contributed by atoms with Crippen LogP contribution in [0.5, 0.6) is 0 Å². The van der Waals surface area contributed by atoms with Crippen LogP contribution in [0, 0.1) is 10.1 Å². The molecule has 0 aliphatic carbocycles. The predicted octanol–water partition coefficient (Wildman–Crippen LogP) is 2.46. The molecule has 0 unspecified atom stereocenters. The number of hydrogen-bond donors (Lipinski definition) is 0. The lowest BCUT2D eigenvalue weighted by molar-refractivity contribution is -0.385. The Labute approximate surface area is 85.0 Å². The van der Waals surface area contributed by atoms with E-state index in [1.54, 1.807) is 0 Å². The highest BCUT2D eigenvalue weighted by molar-refractivity contribution is 6.30. The molecule has 1 rings (SSSR count). The summed E-state index contributed by atoms with van der Waals surface area (Å²) in [6.45, 7) is 0. The van der Waals surface area contributed by atoms with Crippen molar-refractivity contribution in [3.05, 3.63) is 45.0 Å². The van der Waals surface area contributed by atoms with E-state index in [0.29, 0.717) is 16.9 Å². The third-order valence-electron chi connectivity index (χ3n) is 1.54. The van der Waals surface area contributed by atoms with Gasteiger partial charge in [-0.15, -0.1) is 0 Å². The largest absolute Gasteiger partial charge is 0.299 e. The van der Waals surface area contributed by atoms with Gasteiger partial charge in [0.15, 0.2) is 0 Å². The fourth-order valence-corrected chi connectivity index (χ4v) is 1.13. The van der Waals surface area contributed by atoms with Crippen LogP contribution in [0.15, 0.2) is 24.3 Å². The molecule has 0 aliphatic heterocycles. The van der Waals surface area contributed by atoms with Crippen molar-refractivity contribution in [1.82, 2.24) is 0 Å². The zero-order valence-electron chi connectivity index (χ0n) is 7.01. The first-order valence-corrected chi connectivity index (χ1v) is 4.08. The summed E-state index contributed by atoms with van der Waals surface area (Å²) in [6, 6.07) is 4.26. The van der Waals surface area contributed by atoms with Crippen molar-refractivity contribution in [3.63, 3.8) is 0 Å². The van der Waals surface area contributed by atoms with Gasteiger partial charge in [0.25, 0.3) is 5.69 Å². The lowest BCUT2D eigenvalue weighted by Crippen LogP contribution is -1.91. The van der Waals surface area contributed by atoms with Crippen LogP contribution in [0.2, 0.25) is 5.02 Å². The second kappa shape index (κ2) is 4.53. The molecule has 5 heteroatoms. The smallest absolute Gasteiger partial charge is 0.278 e. The van der Waals surface area contributed by atoms with Gasteiger partial charge >= 0.3 is 0 Å². The molecule has 0 saturated carbocycles. The lowest BCUT2D eigenvalue weighted by Gasteiger charge is -1.96. The van der Waals surface area contributed by atoms with Crippen LogP contribution < -0.4 is 0 Å². The molecule has 0 atom stereocenters. The van der Waals surface area contributed by atoms with E-state index in [9.17, 15) is 14.9 Å². The van der Waals surface area contributed by atoms with E-state index < -0.39 is 4.92 Å². The highest BCUT2D eigenvalue weighted by Crippen LogP contribution is 2.23. The maximum atomic E-state index is 10.6. The van der Waals surface area contributed by atoms with Crippen LogP contribution in [0.3, 0.4) is 0 Å². The minimum absolute atomic E-state index is 0.115. The van der Waals surface area contributed by atoms with Crippen LogP contribution in [0.1, 0.15) is 5.56 Å². The number of benzene rings is 1. The molecule has 14 heavy (non-hydrogen) atoms. The van der Waals surface area contributed by atoms with Crippen molar-refractivity contribution in [2.24, 2.45) is 0 Å². The average Bonchev–Trinajstić information content (AvgIpc) is 2.15. The van der Waals surface area contributed by atoms with Crippen molar-refractivity contribution >= 4 is 29.7 Å². The lowest BCUT2D eigenvalue weighted by atomic mass is 10.1. The molecule has 0 N–H and O–H groups in total. The summed E-state index contributed by atoms with van der Waals surface area (Å²) in [7, 11) is 0. The summed E-state index contributed by atoms with van der Waals surface area (Å²) >= 11 is 5.60. The fraction of sp³-hybridized carbons (Fsp3) is 0. The topological polar surface area (TPSA) is 60.2 Å². The Morgan fingerprint density at radius 2 is 2.14 bits per heavy atom. The molecule has 0 aliphatic rings. The minimum atomic E-state index is -0.545. The molecule has 0 radical (unpaired) electrons. The molecule has 4 nitrogen and oxygen atoms in total. The first-order chi connectivity index (χ1) is 6.65. The average molecular weight is 212 g/mol. The number of nitro groups is 1. The van der Waals surface area contributed by atoms with Crippen molar-refractivity contribution in [2.75, 3.05) is 0 Å². The molecule has 72 valence electrons. The van der Waals surface area contributed by atoms with E-state index in [4.69, 9.17) is 11.6 Å². The second-order valence-corrected chi connectivity index (χ2v) is 2.89. The van der Waals surface area contributed by atoms with Gasteiger partial charge in [-0.05, 0) is 24.3 Å². The Bertz CT molecular complexity index is 401. The summed E-state index contributed by atoms with van der Waals surface area (Å²) in [5.41, 5.74) is 0.238. The Hall–Kier alpha value is -1.68. The number of rotatable bonds is 3. The monoisotopic (exact) mass is 211 g/mol. The van der Waals surface area contributed by atoms with E-state index in [0.717, 1.165) is 0 Å². The molecule has 0 bridgehead atoms. The van der Waals surface area contributed by atoms with Gasteiger partial charge in [-0.1, -0.05) is 11.6 Å². The highest BCUT2D eigenvalue weighted by Gasteiger charge is 2.11. The van der Waals surface area contributed by atoms with Crippen molar-refractivity contribution in [3.8, 4) is 0 Å². The second-order valence-electron chi connectivity index (χ2n) is 2.46. The number of hydrogen-bond acceptors (Lipinski definition) is 3. The van der Waals surface area contributed by atoms with Gasteiger partial charge < -0.3 is 0 Å². The molecular formula is C9H6ClNO3. The van der Waals surface area contributed by atoms with Gasteiger partial charge in [-0.2, -0.15) is 0 Å².